The first-order chi connectivity index (χ1) is 7.95. The quantitative estimate of drug-likeness (QED) is 0.676. The largest absolute Gasteiger partial charge is 0.504 e. The normalized spacial score (nSPS) is 12.6. The van der Waals surface area contributed by atoms with Crippen LogP contribution in [-0.4, -0.2) is 39.3 Å². The lowest BCUT2D eigenvalue weighted by Gasteiger charge is -2.23. The number of aliphatic carboxylic acids is 1. The lowest BCUT2D eigenvalue weighted by Crippen LogP contribution is -2.37. The van der Waals surface area contributed by atoms with E-state index >= 15 is 0 Å². The molecule has 5 heteroatoms. The van der Waals surface area contributed by atoms with Gasteiger partial charge in [-0.3, -0.25) is 9.69 Å². The summed E-state index contributed by atoms with van der Waals surface area (Å²) in [6, 6.07) is 3.92. The zero-order chi connectivity index (χ0) is 13.0. The van der Waals surface area contributed by atoms with Crippen LogP contribution in [0.2, 0.25) is 0 Å². The smallest absolute Gasteiger partial charge is 0.320 e. The molecule has 0 bridgehead atoms. The van der Waals surface area contributed by atoms with Gasteiger partial charge in [0.2, 0.25) is 0 Å². The number of phenolic OH excluding ortho intramolecular Hbond substituents is 2. The van der Waals surface area contributed by atoms with Gasteiger partial charge in [0, 0.05) is 6.54 Å². The SMILES string of the molecule is CCC(C(=O)O)N(C)Cc1ccc(O)c(O)c1. The Kier molecular flexibility index (Phi) is 4.34. The molecule has 0 aliphatic carbocycles. The Labute approximate surface area is 99.9 Å². The molecule has 94 valence electrons. The summed E-state index contributed by atoms with van der Waals surface area (Å²) < 4.78 is 0. The fourth-order valence-electron chi connectivity index (χ4n) is 1.74. The van der Waals surface area contributed by atoms with E-state index in [4.69, 9.17) is 10.2 Å². The fraction of sp³-hybridized carbons (Fsp3) is 0.417. The molecule has 1 aromatic rings. The Balaban J connectivity index is 2.76. The maximum Gasteiger partial charge on any atom is 0.320 e. The number of likely N-dealkylation sites (N-methyl/N-ethyl adjacent to an activating group) is 1. The van der Waals surface area contributed by atoms with Gasteiger partial charge in [0.05, 0.1) is 0 Å². The Hall–Kier alpha value is -1.75. The first-order valence-electron chi connectivity index (χ1n) is 5.39. The third-order valence-electron chi connectivity index (χ3n) is 2.68. The highest BCUT2D eigenvalue weighted by Gasteiger charge is 2.20. The standard InChI is InChI=1S/C12H17NO4/c1-3-9(12(16)17)13(2)7-8-4-5-10(14)11(15)6-8/h4-6,9,14-15H,3,7H2,1-2H3,(H,16,17). The molecule has 17 heavy (non-hydrogen) atoms. The number of aromatic hydroxyl groups is 2. The number of hydrogen-bond acceptors (Lipinski definition) is 4. The Morgan fingerprint density at radius 3 is 2.47 bits per heavy atom. The van der Waals surface area contributed by atoms with E-state index in [1.807, 2.05) is 6.92 Å². The molecule has 0 spiro atoms. The van der Waals surface area contributed by atoms with E-state index in [9.17, 15) is 9.90 Å². The van der Waals surface area contributed by atoms with Gasteiger partial charge in [-0.25, -0.2) is 0 Å². The minimum atomic E-state index is -0.863. The Morgan fingerprint density at radius 1 is 1.35 bits per heavy atom. The minimum absolute atomic E-state index is 0.179. The van der Waals surface area contributed by atoms with Gasteiger partial charge in [0.1, 0.15) is 6.04 Å². The van der Waals surface area contributed by atoms with Crippen LogP contribution < -0.4 is 0 Å². The number of phenols is 2. The van der Waals surface area contributed by atoms with Gasteiger partial charge in [-0.2, -0.15) is 0 Å². The minimum Gasteiger partial charge on any atom is -0.504 e. The average Bonchev–Trinajstić information content (AvgIpc) is 2.24. The van der Waals surface area contributed by atoms with Crippen molar-refractivity contribution < 1.29 is 20.1 Å². The summed E-state index contributed by atoms with van der Waals surface area (Å²) >= 11 is 0. The summed E-state index contributed by atoms with van der Waals surface area (Å²) in [4.78, 5) is 12.6. The second-order valence-electron chi connectivity index (χ2n) is 4.00. The van der Waals surface area contributed by atoms with E-state index in [2.05, 4.69) is 0 Å². The number of carbonyl (C=O) groups is 1. The molecule has 0 aliphatic rings. The van der Waals surface area contributed by atoms with Gasteiger partial charge in [-0.05, 0) is 31.2 Å². The van der Waals surface area contributed by atoms with Crippen molar-refractivity contribution in [2.45, 2.75) is 25.9 Å². The molecule has 5 nitrogen and oxygen atoms in total. The monoisotopic (exact) mass is 239 g/mol. The molecule has 0 aliphatic heterocycles. The van der Waals surface area contributed by atoms with Crippen LogP contribution in [0.1, 0.15) is 18.9 Å². The van der Waals surface area contributed by atoms with E-state index < -0.39 is 12.0 Å². The van der Waals surface area contributed by atoms with Gasteiger partial charge in [0.15, 0.2) is 11.5 Å². The van der Waals surface area contributed by atoms with Crippen LogP contribution in [0.5, 0.6) is 11.5 Å². The molecule has 0 saturated heterocycles. The molecule has 0 saturated carbocycles. The first-order valence-corrected chi connectivity index (χ1v) is 5.39. The van der Waals surface area contributed by atoms with Gasteiger partial charge < -0.3 is 15.3 Å². The van der Waals surface area contributed by atoms with Crippen LogP contribution in [0.3, 0.4) is 0 Å². The summed E-state index contributed by atoms with van der Waals surface area (Å²) in [5, 5.41) is 27.5. The lowest BCUT2D eigenvalue weighted by atomic mass is 10.1. The van der Waals surface area contributed by atoms with Crippen molar-refractivity contribution in [3.63, 3.8) is 0 Å². The molecule has 1 unspecified atom stereocenters. The predicted molar refractivity (Wildman–Crippen MR) is 63.0 cm³/mol. The van der Waals surface area contributed by atoms with E-state index in [1.54, 1.807) is 18.0 Å². The maximum absolute atomic E-state index is 11.0. The Bertz CT molecular complexity index is 405. The van der Waals surface area contributed by atoms with Crippen LogP contribution >= 0.6 is 0 Å². The van der Waals surface area contributed by atoms with Crippen molar-refractivity contribution in [3.8, 4) is 11.5 Å². The second-order valence-corrected chi connectivity index (χ2v) is 4.00. The topological polar surface area (TPSA) is 81.0 Å². The van der Waals surface area contributed by atoms with Crippen molar-refractivity contribution in [3.05, 3.63) is 23.8 Å². The van der Waals surface area contributed by atoms with E-state index in [1.165, 1.54) is 12.1 Å². The zero-order valence-corrected chi connectivity index (χ0v) is 9.92. The third-order valence-corrected chi connectivity index (χ3v) is 2.68. The first kappa shape index (κ1) is 13.3. The van der Waals surface area contributed by atoms with Crippen LogP contribution in [0.15, 0.2) is 18.2 Å². The number of hydrogen-bond donors (Lipinski definition) is 3. The highest BCUT2D eigenvalue weighted by molar-refractivity contribution is 5.73. The van der Waals surface area contributed by atoms with Crippen LogP contribution in [0.25, 0.3) is 0 Å². The van der Waals surface area contributed by atoms with Crippen molar-refractivity contribution in [1.29, 1.82) is 0 Å². The van der Waals surface area contributed by atoms with Crippen molar-refractivity contribution >= 4 is 5.97 Å². The molecule has 0 fully saturated rings. The van der Waals surface area contributed by atoms with Crippen molar-refractivity contribution in [2.75, 3.05) is 7.05 Å². The van der Waals surface area contributed by atoms with Gasteiger partial charge >= 0.3 is 5.97 Å². The van der Waals surface area contributed by atoms with E-state index in [0.29, 0.717) is 13.0 Å². The molecule has 0 amide bonds. The number of carboxylic acids is 1. The van der Waals surface area contributed by atoms with Crippen molar-refractivity contribution in [1.82, 2.24) is 4.90 Å². The molecule has 3 N–H and O–H groups in total. The van der Waals surface area contributed by atoms with Crippen LogP contribution in [-0.2, 0) is 11.3 Å². The summed E-state index contributed by atoms with van der Waals surface area (Å²) in [7, 11) is 1.71. The second kappa shape index (κ2) is 5.54. The third kappa shape index (κ3) is 3.35. The molecular formula is C12H17NO4. The molecule has 0 heterocycles. The summed E-state index contributed by atoms with van der Waals surface area (Å²) in [5.41, 5.74) is 0.752. The van der Waals surface area contributed by atoms with E-state index in [-0.39, 0.29) is 11.5 Å². The van der Waals surface area contributed by atoms with Crippen LogP contribution in [0.4, 0.5) is 0 Å². The molecule has 0 aromatic heterocycles. The lowest BCUT2D eigenvalue weighted by molar-refractivity contribution is -0.143. The van der Waals surface area contributed by atoms with Gasteiger partial charge in [0.25, 0.3) is 0 Å². The van der Waals surface area contributed by atoms with Crippen LogP contribution in [0, 0.1) is 0 Å². The highest BCUT2D eigenvalue weighted by atomic mass is 16.4. The summed E-state index contributed by atoms with van der Waals surface area (Å²) in [6.45, 7) is 2.21. The molecule has 0 radical (unpaired) electrons. The molecule has 1 atom stereocenters. The fourth-order valence-corrected chi connectivity index (χ4v) is 1.74. The Morgan fingerprint density at radius 2 is 2.00 bits per heavy atom. The molecular weight excluding hydrogens is 222 g/mol. The highest BCUT2D eigenvalue weighted by Crippen LogP contribution is 2.25. The van der Waals surface area contributed by atoms with Crippen molar-refractivity contribution in [2.24, 2.45) is 0 Å². The van der Waals surface area contributed by atoms with Gasteiger partial charge in [-0.15, -0.1) is 0 Å². The number of carboxylic acid groups (broad SMARTS) is 1. The number of benzene rings is 1. The maximum atomic E-state index is 11.0. The number of rotatable bonds is 5. The summed E-state index contributed by atoms with van der Waals surface area (Å²) in [5.74, 6) is -1.24. The number of nitrogens with zero attached hydrogens (tertiary/aromatic N) is 1. The average molecular weight is 239 g/mol. The zero-order valence-electron chi connectivity index (χ0n) is 9.92. The summed E-state index contributed by atoms with van der Waals surface area (Å²) in [6.07, 6.45) is 0.510. The predicted octanol–water partition coefficient (Wildman–Crippen LogP) is 1.39. The van der Waals surface area contributed by atoms with E-state index in [0.717, 1.165) is 5.56 Å². The van der Waals surface area contributed by atoms with Gasteiger partial charge in [-0.1, -0.05) is 13.0 Å². The molecule has 1 aromatic carbocycles. The molecule has 1 rings (SSSR count).